The van der Waals surface area contributed by atoms with Crippen molar-refractivity contribution < 1.29 is 63.0 Å². The first-order valence-corrected chi connectivity index (χ1v) is 28.3. The number of aliphatic imine (C=N–C) groups is 3. The minimum absolute atomic E-state index is 0.00353. The lowest BCUT2D eigenvalue weighted by Crippen LogP contribution is -2.60. The number of nitrogens with one attached hydrogen (secondary N) is 9. The van der Waals surface area contributed by atoms with Gasteiger partial charge in [0, 0.05) is 26.2 Å². The predicted octanol–water partition coefficient (Wildman–Crippen LogP) is -8.76. The summed E-state index contributed by atoms with van der Waals surface area (Å²) in [7, 11) is 0. The zero-order chi connectivity index (χ0) is 64.3. The van der Waals surface area contributed by atoms with Gasteiger partial charge in [-0.15, -0.1) is 0 Å². The van der Waals surface area contributed by atoms with Crippen LogP contribution in [-0.4, -0.2) is 210 Å². The number of hydrogen-bond donors (Lipinski definition) is 20. The molecule has 35 nitrogen and oxygen atoms in total. The van der Waals surface area contributed by atoms with Crippen LogP contribution in [0.1, 0.15) is 118 Å². The van der Waals surface area contributed by atoms with Crippen LogP contribution in [0.25, 0.3) is 0 Å². The fourth-order valence-corrected chi connectivity index (χ4v) is 8.40. The average molecular weight is 1210 g/mol. The normalized spacial score (nSPS) is 16.2. The van der Waals surface area contributed by atoms with Crippen molar-refractivity contribution in [1.29, 1.82) is 0 Å². The van der Waals surface area contributed by atoms with E-state index in [1.807, 2.05) is 0 Å². The van der Waals surface area contributed by atoms with Crippen molar-refractivity contribution in [2.24, 2.45) is 66.6 Å². The van der Waals surface area contributed by atoms with Gasteiger partial charge in [-0.05, 0) is 131 Å². The number of nitrogens with two attached hydrogens (primary N) is 9. The Kier molecular flexibility index (Phi) is 35.3. The summed E-state index contributed by atoms with van der Waals surface area (Å²) in [5, 5.41) is 41.8. The van der Waals surface area contributed by atoms with Gasteiger partial charge in [0.1, 0.15) is 67.0 Å². The van der Waals surface area contributed by atoms with E-state index in [1.54, 1.807) is 0 Å². The molecule has 10 amide bonds. The van der Waals surface area contributed by atoms with E-state index in [4.69, 9.17) is 56.7 Å². The first kappa shape index (κ1) is 74.8. The Morgan fingerprint density at radius 2 is 0.812 bits per heavy atom. The molecule has 0 aliphatic carbocycles. The standard InChI is InChI=1S/C50H94N22O13/c1-26(64-39(77)27(2)66-46(84)35-18-12-24-72(35)47(85)37(53)29(4)73)38(76)65-28(3)40(78)67-33(16-10-22-61-49(56)57)44(82)71-34(17-11-23-62-50(58)59)45(83)70-32(14-6-8-20-52)43(81)69-31(13-5-7-19-51)42(80)68-30(15-9-21-60-48(54)55)41(79)63-25-36(74)75/h26-35,37,73H,5-25,51-53H2,1-4H3,(H,63,79)(H,64,77)(H,65,76)(H,66,84)(H,67,78)(H,68,80)(H,69,81)(H,70,83)(H,71,82)(H,74,75)(H4,54,55,60)(H4,56,57,61)(H4,58,59,62)/t26-,27-,28-,29+,30-,31-,32-,33-,34-,35-,37-/m0/s1. The van der Waals surface area contributed by atoms with Crippen molar-refractivity contribution in [3.8, 4) is 0 Å². The summed E-state index contributed by atoms with van der Waals surface area (Å²) in [6.07, 6.45) is 1.16. The second kappa shape index (κ2) is 40.1. The average Bonchev–Trinajstić information content (AvgIpc) is 3.48. The molecule has 1 aliphatic heterocycles. The lowest BCUT2D eigenvalue weighted by molar-refractivity contribution is -0.142. The smallest absolute Gasteiger partial charge is 0.322 e. The number of aliphatic carboxylic acids is 1. The number of carboxylic acid groups (broad SMARTS) is 1. The lowest BCUT2D eigenvalue weighted by Gasteiger charge is -2.28. The van der Waals surface area contributed by atoms with Gasteiger partial charge in [-0.3, -0.25) is 67.7 Å². The monoisotopic (exact) mass is 1210 g/mol. The SMILES string of the molecule is C[C@H](NC(=O)[C@H](C)NC(=O)[C@@H]1CCCN1C(=O)[C@@H](N)[C@@H](C)O)C(=O)N[C@@H](C)C(=O)N[C@@H](CCCN=C(N)N)C(=O)N[C@@H](CCCN=C(N)N)C(=O)N[C@@H](CCCCN)C(=O)N[C@@H](CCCCN)C(=O)N[C@@H](CCCN=C(N)N)C(=O)NCC(=O)O. The Morgan fingerprint density at radius 1 is 0.482 bits per heavy atom. The van der Waals surface area contributed by atoms with Crippen LogP contribution in [0.2, 0.25) is 0 Å². The molecule has 0 aromatic heterocycles. The Hall–Kier alpha value is -8.18. The summed E-state index contributed by atoms with van der Waals surface area (Å²) < 4.78 is 0. The zero-order valence-corrected chi connectivity index (χ0v) is 49.1. The second-order valence-corrected chi connectivity index (χ2v) is 20.5. The van der Waals surface area contributed by atoms with Crippen molar-refractivity contribution in [3.63, 3.8) is 0 Å². The number of aliphatic hydroxyl groups is 1. The van der Waals surface area contributed by atoms with E-state index in [2.05, 4.69) is 62.8 Å². The summed E-state index contributed by atoms with van der Waals surface area (Å²) in [6.45, 7) is 5.30. The molecule has 1 fully saturated rings. The van der Waals surface area contributed by atoms with Crippen LogP contribution in [-0.2, 0) is 52.7 Å². The van der Waals surface area contributed by atoms with E-state index < -0.39 is 138 Å². The van der Waals surface area contributed by atoms with E-state index in [9.17, 15) is 57.8 Å². The van der Waals surface area contributed by atoms with Crippen LogP contribution in [0.3, 0.4) is 0 Å². The molecule has 0 bridgehead atoms. The summed E-state index contributed by atoms with van der Waals surface area (Å²) in [6, 6.07) is -12.8. The summed E-state index contributed by atoms with van der Waals surface area (Å²) in [4.78, 5) is 161. The first-order chi connectivity index (χ1) is 40.0. The van der Waals surface area contributed by atoms with E-state index in [0.717, 1.165) is 0 Å². The molecule has 1 saturated heterocycles. The van der Waals surface area contributed by atoms with Crippen LogP contribution in [0, 0.1) is 0 Å². The van der Waals surface area contributed by atoms with E-state index >= 15 is 0 Å². The number of amides is 10. The van der Waals surface area contributed by atoms with Gasteiger partial charge in [0.2, 0.25) is 59.1 Å². The number of rotatable bonds is 41. The maximum atomic E-state index is 14.4. The van der Waals surface area contributed by atoms with Gasteiger partial charge in [0.15, 0.2) is 17.9 Å². The van der Waals surface area contributed by atoms with E-state index in [-0.39, 0.29) is 115 Å². The molecule has 29 N–H and O–H groups in total. The summed E-state index contributed by atoms with van der Waals surface area (Å²) in [5.74, 6) is -10.1. The van der Waals surface area contributed by atoms with Gasteiger partial charge >= 0.3 is 5.97 Å². The van der Waals surface area contributed by atoms with E-state index in [1.165, 1.54) is 32.6 Å². The largest absolute Gasteiger partial charge is 0.480 e. The maximum Gasteiger partial charge on any atom is 0.322 e. The molecule has 1 heterocycles. The minimum Gasteiger partial charge on any atom is -0.480 e. The number of aliphatic hydroxyl groups excluding tert-OH is 1. The fraction of sp³-hybridized carbons (Fsp3) is 0.720. The van der Waals surface area contributed by atoms with Gasteiger partial charge in [-0.2, -0.15) is 0 Å². The van der Waals surface area contributed by atoms with Crippen LogP contribution in [0.5, 0.6) is 0 Å². The summed E-state index contributed by atoms with van der Waals surface area (Å²) >= 11 is 0. The van der Waals surface area contributed by atoms with Crippen molar-refractivity contribution in [2.45, 2.75) is 184 Å². The molecular formula is C50H94N22O13. The number of carbonyl (C=O) groups excluding carboxylic acids is 10. The maximum absolute atomic E-state index is 14.4. The second-order valence-electron chi connectivity index (χ2n) is 20.5. The highest BCUT2D eigenvalue weighted by molar-refractivity contribution is 5.99. The van der Waals surface area contributed by atoms with E-state index in [0.29, 0.717) is 32.1 Å². The molecule has 0 saturated carbocycles. The van der Waals surface area contributed by atoms with Gasteiger partial charge in [0.05, 0.1) is 6.10 Å². The predicted molar refractivity (Wildman–Crippen MR) is 313 cm³/mol. The topological polar surface area (TPSA) is 611 Å². The number of carboxylic acids is 1. The van der Waals surface area contributed by atoms with Gasteiger partial charge < -0.3 is 115 Å². The van der Waals surface area contributed by atoms with Crippen LogP contribution in [0.15, 0.2) is 15.0 Å². The molecule has 1 rings (SSSR count). The number of guanidine groups is 3. The Balaban J connectivity index is 3.43. The zero-order valence-electron chi connectivity index (χ0n) is 49.1. The number of carbonyl (C=O) groups is 11. The molecule has 0 aromatic rings. The van der Waals surface area contributed by atoms with Crippen LogP contribution >= 0.6 is 0 Å². The molecule has 1 aliphatic rings. The number of likely N-dealkylation sites (tertiary alicyclic amines) is 1. The Bertz CT molecular complexity index is 2310. The molecule has 0 spiro atoms. The third-order valence-electron chi connectivity index (χ3n) is 13.2. The molecule has 0 radical (unpaired) electrons. The highest BCUT2D eigenvalue weighted by atomic mass is 16.4. The van der Waals surface area contributed by atoms with Gasteiger partial charge in [0.25, 0.3) is 0 Å². The number of hydrogen-bond acceptors (Lipinski definition) is 18. The minimum atomic E-state index is -1.43. The van der Waals surface area contributed by atoms with Crippen LogP contribution < -0.4 is 99.5 Å². The van der Waals surface area contributed by atoms with Crippen molar-refractivity contribution >= 4 is 82.9 Å². The molecule has 482 valence electrons. The highest BCUT2D eigenvalue weighted by Crippen LogP contribution is 2.19. The quantitative estimate of drug-likeness (QED) is 0.0154. The molecule has 0 unspecified atom stereocenters. The molecule has 0 aromatic carbocycles. The number of nitrogens with zero attached hydrogens (tertiary/aromatic N) is 4. The Labute approximate surface area is 493 Å². The fourth-order valence-electron chi connectivity index (χ4n) is 8.40. The molecular weight excluding hydrogens is 1120 g/mol. The third kappa shape index (κ3) is 29.8. The Morgan fingerprint density at radius 3 is 1.15 bits per heavy atom. The summed E-state index contributed by atoms with van der Waals surface area (Å²) in [5.41, 5.74) is 50.2. The van der Waals surface area contributed by atoms with Gasteiger partial charge in [-0.1, -0.05) is 0 Å². The van der Waals surface area contributed by atoms with Crippen molar-refractivity contribution in [1.82, 2.24) is 52.8 Å². The number of unbranched alkanes of at least 4 members (excludes halogenated alkanes) is 2. The molecule has 35 heteroatoms. The molecule has 11 atom stereocenters. The molecule has 85 heavy (non-hydrogen) atoms. The van der Waals surface area contributed by atoms with Gasteiger partial charge in [-0.25, -0.2) is 0 Å². The highest BCUT2D eigenvalue weighted by Gasteiger charge is 2.39. The van der Waals surface area contributed by atoms with Crippen molar-refractivity contribution in [2.75, 3.05) is 45.8 Å². The first-order valence-electron chi connectivity index (χ1n) is 28.3. The van der Waals surface area contributed by atoms with Crippen LogP contribution in [0.4, 0.5) is 0 Å². The van der Waals surface area contributed by atoms with Crippen molar-refractivity contribution in [3.05, 3.63) is 0 Å². The lowest BCUT2D eigenvalue weighted by atomic mass is 10.0. The third-order valence-corrected chi connectivity index (χ3v) is 13.2.